The standard InChI is InChI=1S/C47H46N6S2/c1-36-26-30-42(31-27-36)52-44(50(3)40-22-13-7-14-23-40)45(51(4)41-24-15-8-16-25-41)53(43-32-28-37(2)29-33-43)47(49-39-20-11-6-12-21-39)55-35-17-34-54-46(52)48-38-18-9-5-10-19-38/h5-16,18-33H,17,34-35H2,1-4H3/b45-44-,48-46?,49-47?. The first-order valence-corrected chi connectivity index (χ1v) is 20.5. The maximum atomic E-state index is 5.46. The second-order valence-corrected chi connectivity index (χ2v) is 15.4. The van der Waals surface area contributed by atoms with Crippen molar-refractivity contribution in [3.63, 3.8) is 0 Å². The van der Waals surface area contributed by atoms with Gasteiger partial charge < -0.3 is 9.80 Å². The van der Waals surface area contributed by atoms with Crippen molar-refractivity contribution in [1.82, 2.24) is 0 Å². The molecule has 1 aliphatic heterocycles. The van der Waals surface area contributed by atoms with Gasteiger partial charge in [0, 0.05) is 48.4 Å². The summed E-state index contributed by atoms with van der Waals surface area (Å²) in [5.74, 6) is 3.56. The van der Waals surface area contributed by atoms with Crippen LogP contribution in [0.1, 0.15) is 17.5 Å². The summed E-state index contributed by atoms with van der Waals surface area (Å²) >= 11 is 3.57. The summed E-state index contributed by atoms with van der Waals surface area (Å²) in [6.45, 7) is 4.27. The van der Waals surface area contributed by atoms with Gasteiger partial charge in [-0.3, -0.25) is 9.80 Å². The smallest absolute Gasteiger partial charge is 0.174 e. The highest BCUT2D eigenvalue weighted by Crippen LogP contribution is 2.39. The van der Waals surface area contributed by atoms with E-state index in [1.165, 1.54) is 11.1 Å². The topological polar surface area (TPSA) is 37.7 Å². The summed E-state index contributed by atoms with van der Waals surface area (Å²) in [7, 11) is 4.31. The van der Waals surface area contributed by atoms with E-state index in [1.807, 2.05) is 12.1 Å². The van der Waals surface area contributed by atoms with Crippen molar-refractivity contribution in [1.29, 1.82) is 0 Å². The molecule has 0 aliphatic carbocycles. The van der Waals surface area contributed by atoms with E-state index in [-0.39, 0.29) is 0 Å². The molecular formula is C47H46N6S2. The molecule has 6 nitrogen and oxygen atoms in total. The number of hydrogen-bond donors (Lipinski definition) is 0. The fourth-order valence-electron chi connectivity index (χ4n) is 6.29. The van der Waals surface area contributed by atoms with Crippen LogP contribution in [0.15, 0.2) is 191 Å². The van der Waals surface area contributed by atoms with Crippen LogP contribution in [0.2, 0.25) is 0 Å². The first-order chi connectivity index (χ1) is 27.0. The summed E-state index contributed by atoms with van der Waals surface area (Å²) in [4.78, 5) is 20.2. The van der Waals surface area contributed by atoms with E-state index < -0.39 is 0 Å². The Balaban J connectivity index is 1.66. The van der Waals surface area contributed by atoms with Gasteiger partial charge in [0.2, 0.25) is 0 Å². The number of para-hydroxylation sites is 4. The number of hydrogen-bond acceptors (Lipinski definition) is 6. The van der Waals surface area contributed by atoms with Gasteiger partial charge in [-0.05, 0) is 93.1 Å². The van der Waals surface area contributed by atoms with Crippen LogP contribution in [0.25, 0.3) is 0 Å². The van der Waals surface area contributed by atoms with Crippen LogP contribution >= 0.6 is 23.5 Å². The highest BCUT2D eigenvalue weighted by Gasteiger charge is 2.35. The second-order valence-electron chi connectivity index (χ2n) is 13.3. The molecule has 55 heavy (non-hydrogen) atoms. The molecule has 0 amide bonds. The minimum atomic E-state index is 0.871. The predicted octanol–water partition coefficient (Wildman–Crippen LogP) is 12.3. The summed E-state index contributed by atoms with van der Waals surface area (Å²) < 4.78 is 0. The maximum absolute atomic E-state index is 5.46. The fourth-order valence-corrected chi connectivity index (χ4v) is 8.39. The predicted molar refractivity (Wildman–Crippen MR) is 241 cm³/mol. The Hall–Kier alpha value is -5.70. The number of benzene rings is 6. The molecule has 1 heterocycles. The monoisotopic (exact) mass is 758 g/mol. The van der Waals surface area contributed by atoms with E-state index in [1.54, 1.807) is 23.5 Å². The van der Waals surface area contributed by atoms with Crippen LogP contribution in [0.5, 0.6) is 0 Å². The van der Waals surface area contributed by atoms with Crippen molar-refractivity contribution in [2.75, 3.05) is 45.2 Å². The van der Waals surface area contributed by atoms with Gasteiger partial charge in [0.1, 0.15) is 0 Å². The van der Waals surface area contributed by atoms with Gasteiger partial charge in [0.05, 0.1) is 11.4 Å². The summed E-state index contributed by atoms with van der Waals surface area (Å²) in [6, 6.07) is 59.3. The summed E-state index contributed by atoms with van der Waals surface area (Å²) in [5, 5.41) is 1.76. The average Bonchev–Trinajstić information content (AvgIpc) is 3.25. The highest BCUT2D eigenvalue weighted by atomic mass is 32.2. The largest absolute Gasteiger partial charge is 0.327 e. The molecule has 6 aromatic carbocycles. The fraction of sp³-hybridized carbons (Fsp3) is 0.149. The zero-order valence-corrected chi connectivity index (χ0v) is 33.4. The molecule has 6 aromatic rings. The van der Waals surface area contributed by atoms with Gasteiger partial charge in [-0.25, -0.2) is 9.98 Å². The molecule has 0 saturated heterocycles. The number of rotatable bonds is 8. The Morgan fingerprint density at radius 1 is 0.436 bits per heavy atom. The van der Waals surface area contributed by atoms with Gasteiger partial charge in [-0.2, -0.15) is 0 Å². The van der Waals surface area contributed by atoms with Crippen LogP contribution < -0.4 is 19.6 Å². The second kappa shape index (κ2) is 18.1. The van der Waals surface area contributed by atoms with Gasteiger partial charge in [-0.1, -0.05) is 132 Å². The molecular weight excluding hydrogens is 713 g/mol. The number of anilines is 4. The molecule has 0 aromatic heterocycles. The Morgan fingerprint density at radius 3 is 1.11 bits per heavy atom. The lowest BCUT2D eigenvalue weighted by Gasteiger charge is -2.42. The molecule has 7 rings (SSSR count). The van der Waals surface area contributed by atoms with Crippen LogP contribution in [0.4, 0.5) is 34.1 Å². The molecule has 0 saturated carbocycles. The van der Waals surface area contributed by atoms with Gasteiger partial charge in [0.15, 0.2) is 22.0 Å². The Labute approximate surface area is 334 Å². The highest BCUT2D eigenvalue weighted by molar-refractivity contribution is 8.15. The Kier molecular flexibility index (Phi) is 12.4. The number of thioether (sulfide) groups is 2. The quantitative estimate of drug-likeness (QED) is 0.154. The van der Waals surface area contributed by atoms with Crippen molar-refractivity contribution in [2.24, 2.45) is 9.98 Å². The maximum Gasteiger partial charge on any atom is 0.174 e. The SMILES string of the molecule is Cc1ccc(N2C(=Nc3ccccc3)SCCCSC(=Nc3ccccc3)N(c3ccc(C)cc3)/C(N(C)c3ccccc3)=C\2N(C)c2ccccc2)cc1. The van der Waals surface area contributed by atoms with Crippen LogP contribution in [-0.2, 0) is 0 Å². The number of aliphatic imine (C=N–C) groups is 2. The molecule has 8 heteroatoms. The summed E-state index contributed by atoms with van der Waals surface area (Å²) in [6.07, 6.45) is 0.953. The average molecular weight is 759 g/mol. The Morgan fingerprint density at radius 2 is 0.764 bits per heavy atom. The molecule has 276 valence electrons. The van der Waals surface area contributed by atoms with Gasteiger partial charge >= 0.3 is 0 Å². The van der Waals surface area contributed by atoms with Crippen LogP contribution in [0, 0.1) is 13.8 Å². The number of amidine groups is 2. The number of nitrogens with zero attached hydrogens (tertiary/aromatic N) is 6. The molecule has 0 bridgehead atoms. The van der Waals surface area contributed by atoms with Crippen molar-refractivity contribution in [3.05, 3.63) is 193 Å². The van der Waals surface area contributed by atoms with Crippen molar-refractivity contribution < 1.29 is 0 Å². The minimum absolute atomic E-state index is 0.871. The first-order valence-electron chi connectivity index (χ1n) is 18.5. The first kappa shape index (κ1) is 37.6. The lowest BCUT2D eigenvalue weighted by molar-refractivity contribution is 0.925. The Bertz CT molecular complexity index is 2060. The third kappa shape index (κ3) is 9.16. The molecule has 0 radical (unpaired) electrons. The molecule has 0 fully saturated rings. The third-order valence-corrected chi connectivity index (χ3v) is 11.3. The van der Waals surface area contributed by atoms with E-state index in [9.17, 15) is 0 Å². The molecule has 1 aliphatic rings. The van der Waals surface area contributed by atoms with E-state index in [0.717, 1.165) is 74.0 Å². The lowest BCUT2D eigenvalue weighted by Crippen LogP contribution is -2.46. The van der Waals surface area contributed by atoms with Crippen LogP contribution in [-0.4, -0.2) is 35.9 Å². The van der Waals surface area contributed by atoms with Gasteiger partial charge in [-0.15, -0.1) is 0 Å². The molecule has 0 N–H and O–H groups in total. The van der Waals surface area contributed by atoms with E-state index in [2.05, 4.69) is 205 Å². The number of aryl methyl sites for hydroxylation is 2. The van der Waals surface area contributed by atoms with E-state index in [0.29, 0.717) is 0 Å². The van der Waals surface area contributed by atoms with E-state index in [4.69, 9.17) is 9.98 Å². The van der Waals surface area contributed by atoms with E-state index >= 15 is 0 Å². The molecule has 0 atom stereocenters. The summed E-state index contributed by atoms with van der Waals surface area (Å²) in [5.41, 5.74) is 8.24. The normalized spacial score (nSPS) is 16.9. The lowest BCUT2D eigenvalue weighted by atomic mass is 10.2. The molecule has 0 unspecified atom stereocenters. The zero-order chi connectivity index (χ0) is 38.0. The van der Waals surface area contributed by atoms with Gasteiger partial charge in [0.25, 0.3) is 0 Å². The zero-order valence-electron chi connectivity index (χ0n) is 31.8. The van der Waals surface area contributed by atoms with Crippen LogP contribution in [0.3, 0.4) is 0 Å². The van der Waals surface area contributed by atoms with Crippen molar-refractivity contribution >= 4 is 68.0 Å². The van der Waals surface area contributed by atoms with Crippen molar-refractivity contribution in [3.8, 4) is 0 Å². The minimum Gasteiger partial charge on any atom is -0.327 e. The molecule has 0 spiro atoms. The van der Waals surface area contributed by atoms with Crippen molar-refractivity contribution in [2.45, 2.75) is 20.3 Å². The third-order valence-electron chi connectivity index (χ3n) is 9.23.